The predicted octanol–water partition coefficient (Wildman–Crippen LogP) is -12.1. The summed E-state index contributed by atoms with van der Waals surface area (Å²) in [5.74, 6) is 0. The SMILES string of the molecule is OC[C@H]1O[C@@H]2O[C@H]3[C@H](O)[C@@H](O)[C@@H](O[C@H]4[C@H](O)[C@@H](O)[C@@H](O[C@H]5[C@H](O)[C@@H](O)[C@@H](O[C@H]6[C@H](O)[C@@H](O)[C@@H](O[C@H]7[C@H](O)[C@@H](O)[C@@H](O[C@H]1[C@H](O)[C@H]2O)O[C@@H]7CO)O[C@@H]6CO)O[C@@H]5C[n+]1ccccc1)O[C@@H]4CO)O[C@@H]3CO. The number of aromatic nitrogens is 1. The minimum atomic E-state index is -2.14. The summed E-state index contributed by atoms with van der Waals surface area (Å²) in [6.07, 6.45) is -54.2. The second-order valence-electron chi connectivity index (χ2n) is 18.2. The van der Waals surface area contributed by atoms with Crippen LogP contribution >= 0.6 is 0 Å². The second-order valence-corrected chi connectivity index (χ2v) is 18.2. The van der Waals surface area contributed by atoms with E-state index in [1.807, 2.05) is 0 Å². The molecule has 406 valence electrons. The number of aliphatic hydroxyl groups excluding tert-OH is 17. The number of nitrogens with zero attached hydrogens (tertiary/aromatic N) is 1. The van der Waals surface area contributed by atoms with Gasteiger partial charge in [0.25, 0.3) is 0 Å². The fourth-order valence-corrected chi connectivity index (χ4v) is 9.69. The zero-order valence-electron chi connectivity index (χ0n) is 37.4. The van der Waals surface area contributed by atoms with Crippen molar-refractivity contribution in [2.45, 2.75) is 191 Å². The minimum absolute atomic E-state index is 0.192. The van der Waals surface area contributed by atoms with Gasteiger partial charge in [0, 0.05) is 12.1 Å². The highest BCUT2D eigenvalue weighted by atomic mass is 16.8. The Balaban J connectivity index is 1.11. The molecule has 1 aromatic rings. The van der Waals surface area contributed by atoms with Crippen molar-refractivity contribution in [1.29, 1.82) is 0 Å². The summed E-state index contributed by atoms with van der Waals surface area (Å²) in [5.41, 5.74) is 0. The summed E-state index contributed by atoms with van der Waals surface area (Å²) in [4.78, 5) is 0. The van der Waals surface area contributed by atoms with Crippen LogP contribution in [0.15, 0.2) is 30.6 Å². The number of aliphatic hydroxyl groups is 17. The van der Waals surface area contributed by atoms with Gasteiger partial charge in [0.15, 0.2) is 56.7 Å². The van der Waals surface area contributed by atoms with Crippen molar-refractivity contribution in [1.82, 2.24) is 0 Å². The van der Waals surface area contributed by atoms with E-state index in [9.17, 15) is 86.8 Å². The first kappa shape index (κ1) is 55.2. The summed E-state index contributed by atoms with van der Waals surface area (Å²) in [5, 5.41) is 188. The van der Waals surface area contributed by atoms with E-state index < -0.39 is 217 Å². The lowest BCUT2D eigenvalue weighted by Gasteiger charge is -2.50. The fourth-order valence-electron chi connectivity index (χ4n) is 9.69. The van der Waals surface area contributed by atoms with E-state index in [-0.39, 0.29) is 6.54 Å². The summed E-state index contributed by atoms with van der Waals surface area (Å²) in [7, 11) is 0. The topological polar surface area (TPSA) is 459 Å². The minimum Gasteiger partial charge on any atom is -0.394 e. The van der Waals surface area contributed by atoms with Gasteiger partial charge in [-0.05, 0) is 0 Å². The summed E-state index contributed by atoms with van der Waals surface area (Å²) in [6.45, 7) is -5.11. The smallest absolute Gasteiger partial charge is 0.187 e. The van der Waals surface area contributed by atoms with Gasteiger partial charge in [-0.15, -0.1) is 0 Å². The molecular formula is C41H64NO29+. The Kier molecular flexibility index (Phi) is 18.3. The highest BCUT2D eigenvalue weighted by Crippen LogP contribution is 2.38. The first-order valence-corrected chi connectivity index (χ1v) is 23.0. The third-order valence-electron chi connectivity index (χ3n) is 13.7. The fraction of sp³-hybridized carbons (Fsp3) is 0.878. The maximum absolute atomic E-state index is 11.7. The lowest BCUT2D eigenvalue weighted by Crippen LogP contribution is -2.69. The summed E-state index contributed by atoms with van der Waals surface area (Å²) in [6, 6.07) is 4.98. The first-order chi connectivity index (χ1) is 33.9. The van der Waals surface area contributed by atoms with Crippen molar-refractivity contribution in [3.05, 3.63) is 30.6 Å². The quantitative estimate of drug-likeness (QED) is 0.113. The predicted molar refractivity (Wildman–Crippen MR) is 215 cm³/mol. The number of rotatable bonds is 7. The van der Waals surface area contributed by atoms with E-state index in [0.717, 1.165) is 0 Å². The molecule has 30 heteroatoms. The standard InChI is InChI=1S/C41H64NO29/c43-7-13-31-20(50)26(56)38(62-13)69-33-15(9-45)64-40(28(58)22(33)52)71-35-17(11-47)65-41(29(59)23(35)53)70-34-16(10-46)63-39(27(57)21(34)51)68-32-14(8-44)61-37(25(55)19(32)49)66-30-12(6-42-4-2-1-3-5-42)60-36(67-31)24(54)18(30)48/h1-5,12-41,43-59H,6-11H2/q+1/t12-,13-,14-,15-,16-,17-,18-,19-,20-,21-,22-,23-,24-,25-,26-,27-,28-,29-,30-,31-,32-,33-,34-,35-,36-,37-,38-,39-,40-,41-/m1/s1. The van der Waals surface area contributed by atoms with Crippen molar-refractivity contribution in [3.63, 3.8) is 0 Å². The largest absolute Gasteiger partial charge is 0.394 e. The highest BCUT2D eigenvalue weighted by Gasteiger charge is 2.59. The number of hydrogen-bond donors (Lipinski definition) is 17. The molecule has 22 saturated heterocycles. The number of hydrogen-bond acceptors (Lipinski definition) is 29. The van der Waals surface area contributed by atoms with E-state index in [4.69, 9.17) is 56.8 Å². The zero-order valence-corrected chi connectivity index (χ0v) is 37.4. The molecule has 0 unspecified atom stereocenters. The average Bonchev–Trinajstić information content (AvgIpc) is 3.37. The molecule has 71 heavy (non-hydrogen) atoms. The monoisotopic (exact) mass is 1030 g/mol. The van der Waals surface area contributed by atoms with Gasteiger partial charge in [-0.3, -0.25) is 0 Å². The molecule has 30 nitrogen and oxygen atoms in total. The van der Waals surface area contributed by atoms with Crippen LogP contribution in [0, 0.1) is 0 Å². The molecule has 22 aliphatic rings. The Morgan fingerprint density at radius 1 is 0.254 bits per heavy atom. The summed E-state index contributed by atoms with van der Waals surface area (Å²) >= 11 is 0. The van der Waals surface area contributed by atoms with Gasteiger partial charge < -0.3 is 144 Å². The first-order valence-electron chi connectivity index (χ1n) is 23.0. The van der Waals surface area contributed by atoms with Gasteiger partial charge in [-0.1, -0.05) is 6.07 Å². The number of ether oxygens (including phenoxy) is 12. The zero-order chi connectivity index (χ0) is 51.2. The third-order valence-corrected chi connectivity index (χ3v) is 13.7. The van der Waals surface area contributed by atoms with Crippen molar-refractivity contribution >= 4 is 0 Å². The van der Waals surface area contributed by atoms with Gasteiger partial charge in [0.2, 0.25) is 0 Å². The van der Waals surface area contributed by atoms with Crippen LogP contribution in [0.5, 0.6) is 0 Å². The Morgan fingerprint density at radius 3 is 0.662 bits per heavy atom. The molecule has 0 amide bonds. The van der Waals surface area contributed by atoms with Crippen LogP contribution in [0.2, 0.25) is 0 Å². The van der Waals surface area contributed by atoms with Crippen LogP contribution in [-0.4, -0.2) is 304 Å². The van der Waals surface area contributed by atoms with Crippen LogP contribution < -0.4 is 4.57 Å². The maximum atomic E-state index is 11.7. The molecule has 0 saturated carbocycles. The van der Waals surface area contributed by atoms with Crippen molar-refractivity contribution in [2.75, 3.05) is 33.0 Å². The third kappa shape index (κ3) is 11.0. The van der Waals surface area contributed by atoms with E-state index >= 15 is 0 Å². The Labute approximate surface area is 402 Å². The molecule has 12 bridgehead atoms. The maximum Gasteiger partial charge on any atom is 0.187 e. The summed E-state index contributed by atoms with van der Waals surface area (Å²) < 4.78 is 71.2. The van der Waals surface area contributed by atoms with Gasteiger partial charge in [-0.2, -0.15) is 0 Å². The van der Waals surface area contributed by atoms with Crippen LogP contribution in [0.4, 0.5) is 0 Å². The van der Waals surface area contributed by atoms with Gasteiger partial charge in [0.05, 0.1) is 33.0 Å². The van der Waals surface area contributed by atoms with E-state index in [1.165, 1.54) is 0 Å². The van der Waals surface area contributed by atoms with Crippen LogP contribution in [-0.2, 0) is 63.4 Å². The Bertz CT molecular complexity index is 1800. The van der Waals surface area contributed by atoms with E-state index in [0.29, 0.717) is 0 Å². The van der Waals surface area contributed by atoms with Gasteiger partial charge in [0.1, 0.15) is 146 Å². The molecule has 0 spiro atoms. The van der Waals surface area contributed by atoms with Gasteiger partial charge >= 0.3 is 0 Å². The van der Waals surface area contributed by atoms with Crippen molar-refractivity contribution in [3.8, 4) is 0 Å². The molecular weight excluding hydrogens is 970 g/mol. The molecule has 0 aliphatic carbocycles. The molecule has 30 atom stereocenters. The van der Waals surface area contributed by atoms with Crippen molar-refractivity contribution < 1.29 is 148 Å². The molecule has 23 rings (SSSR count). The lowest BCUT2D eigenvalue weighted by molar-refractivity contribution is -0.707. The molecule has 0 radical (unpaired) electrons. The second kappa shape index (κ2) is 23.5. The molecule has 23 heterocycles. The molecule has 17 N–H and O–H groups in total. The normalized spacial score (nSPS) is 52.2. The Hall–Kier alpha value is -2.01. The van der Waals surface area contributed by atoms with E-state index in [1.54, 1.807) is 35.2 Å². The van der Waals surface area contributed by atoms with Gasteiger partial charge in [-0.25, -0.2) is 4.57 Å². The highest BCUT2D eigenvalue weighted by molar-refractivity contribution is 5.01. The molecule has 22 fully saturated rings. The van der Waals surface area contributed by atoms with Crippen LogP contribution in [0.1, 0.15) is 0 Å². The van der Waals surface area contributed by atoms with E-state index in [2.05, 4.69) is 0 Å². The Morgan fingerprint density at radius 2 is 0.451 bits per heavy atom. The van der Waals surface area contributed by atoms with Crippen LogP contribution in [0.3, 0.4) is 0 Å². The lowest BCUT2D eigenvalue weighted by atomic mass is 9.94. The molecule has 0 aromatic carbocycles. The average molecular weight is 1030 g/mol. The van der Waals surface area contributed by atoms with Crippen LogP contribution in [0.25, 0.3) is 0 Å². The number of pyridine rings is 1. The molecule has 1 aromatic heterocycles. The molecule has 22 aliphatic heterocycles. The van der Waals surface area contributed by atoms with Crippen molar-refractivity contribution in [2.24, 2.45) is 0 Å².